The van der Waals surface area contributed by atoms with E-state index >= 15 is 0 Å². The fourth-order valence-corrected chi connectivity index (χ4v) is 6.94. The van der Waals surface area contributed by atoms with Crippen molar-refractivity contribution in [2.24, 2.45) is 23.2 Å². The summed E-state index contributed by atoms with van der Waals surface area (Å²) in [5.74, 6) is -4.07. The number of ether oxygens (including phenoxy) is 5. The molecule has 2 saturated carbocycles. The van der Waals surface area contributed by atoms with E-state index in [1.54, 1.807) is 0 Å². The van der Waals surface area contributed by atoms with E-state index in [4.69, 9.17) is 23.7 Å². The van der Waals surface area contributed by atoms with Gasteiger partial charge in [0, 0.05) is 37.5 Å². The molecule has 0 bridgehead atoms. The number of epoxide rings is 2. The molecule has 0 amide bonds. The summed E-state index contributed by atoms with van der Waals surface area (Å²) in [6.45, 7) is 11.7. The van der Waals surface area contributed by atoms with Crippen LogP contribution < -0.4 is 0 Å². The van der Waals surface area contributed by atoms with E-state index < -0.39 is 95.5 Å². The van der Waals surface area contributed by atoms with Gasteiger partial charge in [0.2, 0.25) is 0 Å². The number of rotatable bonds is 2. The summed E-state index contributed by atoms with van der Waals surface area (Å²) < 4.78 is 28.8. The van der Waals surface area contributed by atoms with E-state index in [1.165, 1.54) is 20.8 Å². The minimum atomic E-state index is -1.92. The molecular weight excluding hydrogens is 448 g/mol. The van der Waals surface area contributed by atoms with Crippen LogP contribution in [0.5, 0.6) is 0 Å². The normalized spacial score (nSPS) is 53.3. The zero-order valence-electron chi connectivity index (χ0n) is 19.9. The molecule has 3 aliphatic heterocycles. The highest BCUT2D eigenvalue weighted by Crippen LogP contribution is 2.63. The first kappa shape index (κ1) is 23.7. The second-order valence-electron chi connectivity index (χ2n) is 10.7. The highest BCUT2D eigenvalue weighted by atomic mass is 16.6. The highest BCUT2D eigenvalue weighted by Gasteiger charge is 2.76. The lowest BCUT2D eigenvalue weighted by Gasteiger charge is -2.54. The minimum Gasteiger partial charge on any atom is -0.459 e. The Bertz CT molecular complexity index is 948. The van der Waals surface area contributed by atoms with Gasteiger partial charge < -0.3 is 33.9 Å². The van der Waals surface area contributed by atoms with Gasteiger partial charge in [-0.05, 0) is 12.5 Å². The number of hydrogen-bond donors (Lipinski definition) is 2. The molecular formula is C24H32O10. The molecule has 188 valence electrons. The van der Waals surface area contributed by atoms with Gasteiger partial charge >= 0.3 is 17.9 Å². The Kier molecular flexibility index (Phi) is 5.23. The van der Waals surface area contributed by atoms with Crippen molar-refractivity contribution in [2.45, 2.75) is 95.5 Å². The lowest BCUT2D eigenvalue weighted by atomic mass is 9.53. The Morgan fingerprint density at radius 1 is 1.12 bits per heavy atom. The quantitative estimate of drug-likeness (QED) is 0.244. The van der Waals surface area contributed by atoms with Crippen LogP contribution in [0.2, 0.25) is 0 Å². The van der Waals surface area contributed by atoms with E-state index in [9.17, 15) is 24.6 Å². The summed E-state index contributed by atoms with van der Waals surface area (Å²) in [6, 6.07) is 0. The number of carbonyl (C=O) groups is 3. The Hall–Kier alpha value is -2.01. The Labute approximate surface area is 197 Å². The van der Waals surface area contributed by atoms with Crippen LogP contribution >= 0.6 is 0 Å². The Balaban J connectivity index is 1.69. The first-order valence-electron chi connectivity index (χ1n) is 11.8. The lowest BCUT2D eigenvalue weighted by Crippen LogP contribution is -2.67. The Morgan fingerprint density at radius 2 is 1.76 bits per heavy atom. The molecule has 10 nitrogen and oxygen atoms in total. The molecule has 10 heteroatoms. The summed E-state index contributed by atoms with van der Waals surface area (Å²) in [6.07, 6.45) is -5.98. The average Bonchev–Trinajstić information content (AvgIpc) is 3.65. The molecule has 5 aliphatic rings. The second kappa shape index (κ2) is 7.49. The van der Waals surface area contributed by atoms with Gasteiger partial charge in [-0.1, -0.05) is 20.4 Å². The summed E-state index contributed by atoms with van der Waals surface area (Å²) in [5, 5.41) is 23.8. The van der Waals surface area contributed by atoms with Crippen molar-refractivity contribution >= 4 is 17.9 Å². The number of carbonyl (C=O) groups excluding carboxylic acids is 3. The molecule has 0 aromatic heterocycles. The van der Waals surface area contributed by atoms with Crippen molar-refractivity contribution in [1.29, 1.82) is 0 Å². The average molecular weight is 481 g/mol. The zero-order valence-corrected chi connectivity index (χ0v) is 19.9. The predicted molar refractivity (Wildman–Crippen MR) is 113 cm³/mol. The zero-order chi connectivity index (χ0) is 24.9. The van der Waals surface area contributed by atoms with Crippen molar-refractivity contribution in [3.05, 3.63) is 12.2 Å². The maximum Gasteiger partial charge on any atom is 0.312 e. The molecule has 3 heterocycles. The van der Waals surface area contributed by atoms with Crippen LogP contribution in [0.4, 0.5) is 0 Å². The van der Waals surface area contributed by atoms with Crippen LogP contribution in [0.25, 0.3) is 0 Å². The molecule has 2 N–H and O–H groups in total. The topological polar surface area (TPSA) is 144 Å². The minimum absolute atomic E-state index is 0.0893. The van der Waals surface area contributed by atoms with E-state index in [0.717, 1.165) is 0 Å². The monoisotopic (exact) mass is 480 g/mol. The lowest BCUT2D eigenvalue weighted by molar-refractivity contribution is -0.223. The van der Waals surface area contributed by atoms with Crippen LogP contribution in [0.15, 0.2) is 12.2 Å². The molecule has 0 aromatic carbocycles. The van der Waals surface area contributed by atoms with Crippen LogP contribution in [-0.2, 0) is 38.1 Å². The summed E-state index contributed by atoms with van der Waals surface area (Å²) in [5.41, 5.74) is -2.41. The van der Waals surface area contributed by atoms with Crippen molar-refractivity contribution in [3.8, 4) is 0 Å². The fourth-order valence-electron chi connectivity index (χ4n) is 6.94. The van der Waals surface area contributed by atoms with Crippen molar-refractivity contribution in [1.82, 2.24) is 0 Å². The van der Waals surface area contributed by atoms with Gasteiger partial charge in [-0.3, -0.25) is 14.4 Å². The van der Waals surface area contributed by atoms with Crippen LogP contribution in [-0.4, -0.2) is 82.6 Å². The summed E-state index contributed by atoms with van der Waals surface area (Å²) in [7, 11) is 0. The summed E-state index contributed by atoms with van der Waals surface area (Å²) >= 11 is 0. The third-order valence-electron chi connectivity index (χ3n) is 8.79. The van der Waals surface area contributed by atoms with E-state index in [-0.39, 0.29) is 6.42 Å². The molecule has 5 rings (SSSR count). The maximum absolute atomic E-state index is 12.7. The van der Waals surface area contributed by atoms with Gasteiger partial charge in [-0.15, -0.1) is 0 Å². The number of fused-ring (bicyclic) bond motifs is 5. The smallest absolute Gasteiger partial charge is 0.312 e. The van der Waals surface area contributed by atoms with Crippen molar-refractivity contribution in [3.63, 3.8) is 0 Å². The van der Waals surface area contributed by atoms with Gasteiger partial charge in [0.15, 0.2) is 5.60 Å². The number of esters is 3. The first-order chi connectivity index (χ1) is 15.8. The third kappa shape index (κ3) is 3.11. The number of aliphatic hydroxyl groups excluding tert-OH is 1. The van der Waals surface area contributed by atoms with Gasteiger partial charge in [0.05, 0.1) is 18.1 Å². The third-order valence-corrected chi connectivity index (χ3v) is 8.79. The van der Waals surface area contributed by atoms with Gasteiger partial charge in [0.1, 0.15) is 36.6 Å². The molecule has 2 aliphatic carbocycles. The maximum atomic E-state index is 12.7. The van der Waals surface area contributed by atoms with Crippen molar-refractivity contribution < 1.29 is 48.3 Å². The molecule has 3 saturated heterocycles. The van der Waals surface area contributed by atoms with Crippen LogP contribution in [0, 0.1) is 23.2 Å². The molecule has 0 unspecified atom stereocenters. The van der Waals surface area contributed by atoms with E-state index in [0.29, 0.717) is 5.57 Å². The van der Waals surface area contributed by atoms with E-state index in [1.807, 2.05) is 13.8 Å². The second-order valence-corrected chi connectivity index (χ2v) is 10.7. The van der Waals surface area contributed by atoms with Crippen LogP contribution in [0.3, 0.4) is 0 Å². The molecule has 5 fully saturated rings. The predicted octanol–water partition coefficient (Wildman–Crippen LogP) is 0.270. The van der Waals surface area contributed by atoms with Gasteiger partial charge in [-0.2, -0.15) is 0 Å². The molecule has 34 heavy (non-hydrogen) atoms. The summed E-state index contributed by atoms with van der Waals surface area (Å²) in [4.78, 5) is 37.0. The first-order valence-corrected chi connectivity index (χ1v) is 11.8. The molecule has 0 spiro atoms. The largest absolute Gasteiger partial charge is 0.459 e. The standard InChI is InChI=1S/C24H32O10/c1-8-7-13-24(29,10(3)22(28)32-13)20(31-12(5)26)14-9(2)16(30-11(4)25)18-21(34-18)23(14,6)19(27)17-15(8)33-17/h9-10,13-21,27,29H,1,7H2,2-6H3/t9-,10+,13+,14-,15-,16-,17-,18+,19+,20+,21+,23+,24+/m1/s1. The SMILES string of the molecule is C=C1C[C@@H]2OC(=O)[C@H](C)[C@@]2(O)[C@@H](OC(C)=O)[C@H]2[C@@H](C)[C@@H](OC(C)=O)[C@@H]3O[C@@H]3[C@]2(C)[C@@H](O)[C@@H]2O[C@H]12. The highest BCUT2D eigenvalue weighted by molar-refractivity contribution is 5.77. The fraction of sp³-hybridized carbons (Fsp3) is 0.792. The molecule has 0 aromatic rings. The number of hydrogen-bond acceptors (Lipinski definition) is 10. The Morgan fingerprint density at radius 3 is 2.38 bits per heavy atom. The molecule has 13 atom stereocenters. The van der Waals surface area contributed by atoms with Crippen molar-refractivity contribution in [2.75, 3.05) is 0 Å². The molecule has 0 radical (unpaired) electrons. The number of aliphatic hydroxyl groups is 2. The van der Waals surface area contributed by atoms with Crippen LogP contribution in [0.1, 0.15) is 41.0 Å². The van der Waals surface area contributed by atoms with E-state index in [2.05, 4.69) is 6.58 Å². The van der Waals surface area contributed by atoms with Gasteiger partial charge in [-0.25, -0.2) is 0 Å². The van der Waals surface area contributed by atoms with Gasteiger partial charge in [0.25, 0.3) is 0 Å².